The molecule has 0 saturated carbocycles. The third-order valence-corrected chi connectivity index (χ3v) is 5.72. The summed E-state index contributed by atoms with van der Waals surface area (Å²) < 4.78 is 11.4. The molecule has 7 nitrogen and oxygen atoms in total. The zero-order valence-electron chi connectivity index (χ0n) is 20.4. The highest BCUT2D eigenvalue weighted by atomic mass is 79.9. The number of nitrogens with two attached hydrogens (primary N) is 1. The van der Waals surface area contributed by atoms with Crippen LogP contribution in [-0.4, -0.2) is 47.9 Å². The smallest absolute Gasteiger partial charge is 0.182 e. The van der Waals surface area contributed by atoms with Gasteiger partial charge >= 0.3 is 0 Å². The van der Waals surface area contributed by atoms with Crippen LogP contribution in [0, 0.1) is 5.41 Å². The van der Waals surface area contributed by atoms with Crippen molar-refractivity contribution in [1.82, 2.24) is 4.90 Å². The minimum absolute atomic E-state index is 0. The third-order valence-electron chi connectivity index (χ3n) is 5.72. The van der Waals surface area contributed by atoms with Crippen LogP contribution in [0.4, 0.5) is 0 Å². The molecule has 34 heavy (non-hydrogen) atoms. The standard InChI is InChI=1S/C26H35N3O4.BrH/c1-5-32-19-9-8-17-15-29(25(28)20(17)14-19)16-22(30)18-12-21(26(2,3)4)24(31)23(13-18)33-11-7-6-10-27;/h8-9,12-14,28,31H,5-7,10-11,15-16,27H2,1-4H3;1H. The van der Waals surface area contributed by atoms with Crippen molar-refractivity contribution in [3.8, 4) is 17.2 Å². The number of halogens is 1. The highest BCUT2D eigenvalue weighted by molar-refractivity contribution is 8.93. The van der Waals surface area contributed by atoms with Gasteiger partial charge in [0.15, 0.2) is 17.3 Å². The second-order valence-electron chi connectivity index (χ2n) is 9.34. The van der Waals surface area contributed by atoms with Crippen molar-refractivity contribution in [2.24, 2.45) is 5.73 Å². The number of fused-ring (bicyclic) bond motifs is 1. The van der Waals surface area contributed by atoms with Gasteiger partial charge < -0.3 is 25.2 Å². The van der Waals surface area contributed by atoms with E-state index >= 15 is 0 Å². The monoisotopic (exact) mass is 533 g/mol. The van der Waals surface area contributed by atoms with Crippen molar-refractivity contribution in [3.05, 3.63) is 52.6 Å². The number of ketones is 1. The number of rotatable bonds is 10. The fourth-order valence-corrected chi connectivity index (χ4v) is 3.90. The van der Waals surface area contributed by atoms with Gasteiger partial charge in [0.25, 0.3) is 0 Å². The minimum atomic E-state index is -0.373. The number of aromatic hydroxyl groups is 1. The van der Waals surface area contributed by atoms with Crippen LogP contribution in [0.25, 0.3) is 0 Å². The van der Waals surface area contributed by atoms with Crippen LogP contribution >= 0.6 is 17.0 Å². The third kappa shape index (κ3) is 6.30. The number of nitrogens with one attached hydrogen (secondary N) is 1. The number of phenolic OH excluding ortho intramolecular Hbond substituents is 1. The van der Waals surface area contributed by atoms with Crippen LogP contribution in [-0.2, 0) is 12.0 Å². The average Bonchev–Trinajstić information content (AvgIpc) is 3.06. The highest BCUT2D eigenvalue weighted by Crippen LogP contribution is 2.39. The van der Waals surface area contributed by atoms with E-state index in [1.807, 2.05) is 45.9 Å². The molecule has 8 heteroatoms. The second kappa shape index (κ2) is 11.7. The van der Waals surface area contributed by atoms with Crippen LogP contribution < -0.4 is 15.2 Å². The van der Waals surface area contributed by atoms with Crippen LogP contribution in [0.2, 0.25) is 0 Å². The molecule has 0 bridgehead atoms. The van der Waals surface area contributed by atoms with E-state index in [-0.39, 0.29) is 40.5 Å². The number of benzene rings is 2. The fraction of sp³-hybridized carbons (Fsp3) is 0.462. The van der Waals surface area contributed by atoms with Crippen molar-refractivity contribution >= 4 is 28.6 Å². The molecule has 0 atom stereocenters. The lowest BCUT2D eigenvalue weighted by molar-refractivity contribution is 0.0962. The molecule has 0 aromatic heterocycles. The Labute approximate surface area is 212 Å². The Morgan fingerprint density at radius 1 is 1.18 bits per heavy atom. The molecule has 186 valence electrons. The minimum Gasteiger partial charge on any atom is -0.504 e. The molecule has 4 N–H and O–H groups in total. The summed E-state index contributed by atoms with van der Waals surface area (Å²) in [7, 11) is 0. The lowest BCUT2D eigenvalue weighted by Gasteiger charge is -2.24. The van der Waals surface area contributed by atoms with Gasteiger partial charge in [0, 0.05) is 23.2 Å². The van der Waals surface area contributed by atoms with Gasteiger partial charge in [-0.25, -0.2) is 0 Å². The summed E-state index contributed by atoms with van der Waals surface area (Å²) in [6, 6.07) is 9.05. The van der Waals surface area contributed by atoms with Gasteiger partial charge in [-0.15, -0.1) is 17.0 Å². The van der Waals surface area contributed by atoms with Crippen LogP contribution in [0.3, 0.4) is 0 Å². The van der Waals surface area contributed by atoms with Gasteiger partial charge in [0.05, 0.1) is 19.8 Å². The van der Waals surface area contributed by atoms with Crippen molar-refractivity contribution in [1.29, 1.82) is 5.41 Å². The van der Waals surface area contributed by atoms with Crippen LogP contribution in [0.5, 0.6) is 17.2 Å². The predicted octanol–water partition coefficient (Wildman–Crippen LogP) is 4.81. The molecule has 0 aliphatic carbocycles. The van der Waals surface area contributed by atoms with Gasteiger partial charge in [0.1, 0.15) is 11.6 Å². The van der Waals surface area contributed by atoms with Gasteiger partial charge in [-0.1, -0.05) is 26.8 Å². The molecular formula is C26H36BrN3O4. The van der Waals surface area contributed by atoms with Gasteiger partial charge in [-0.2, -0.15) is 0 Å². The van der Waals surface area contributed by atoms with Crippen molar-refractivity contribution in [2.75, 3.05) is 26.3 Å². The Bertz CT molecular complexity index is 1030. The van der Waals surface area contributed by atoms with E-state index in [9.17, 15) is 9.90 Å². The Morgan fingerprint density at radius 3 is 2.56 bits per heavy atom. The van der Waals surface area contributed by atoms with Crippen LogP contribution in [0.1, 0.15) is 67.6 Å². The van der Waals surface area contributed by atoms with Gasteiger partial charge in [-0.3, -0.25) is 10.2 Å². The van der Waals surface area contributed by atoms with E-state index in [4.69, 9.17) is 20.6 Å². The first-order valence-electron chi connectivity index (χ1n) is 11.5. The molecule has 0 saturated heterocycles. The first kappa shape index (κ1) is 27.7. The Morgan fingerprint density at radius 2 is 1.91 bits per heavy atom. The molecule has 0 amide bonds. The number of Topliss-reactive ketones (excluding diaryl/α,β-unsaturated/α-hetero) is 1. The number of amidine groups is 1. The predicted molar refractivity (Wildman–Crippen MR) is 140 cm³/mol. The molecule has 2 aromatic carbocycles. The number of unbranched alkanes of at least 4 members (excludes halogenated alkanes) is 1. The Balaban J connectivity index is 0.00000408. The van der Waals surface area contributed by atoms with Gasteiger partial charge in [0.2, 0.25) is 0 Å². The number of carbonyl (C=O) groups is 1. The molecule has 3 rings (SSSR count). The van der Waals surface area contributed by atoms with E-state index in [2.05, 4.69) is 0 Å². The summed E-state index contributed by atoms with van der Waals surface area (Å²) in [5.74, 6) is 1.28. The maximum absolute atomic E-state index is 13.3. The second-order valence-corrected chi connectivity index (χ2v) is 9.34. The van der Waals surface area contributed by atoms with E-state index in [0.717, 1.165) is 29.7 Å². The molecule has 1 heterocycles. The van der Waals surface area contributed by atoms with Crippen molar-refractivity contribution in [2.45, 2.75) is 52.5 Å². The normalized spacial score (nSPS) is 12.9. The largest absolute Gasteiger partial charge is 0.504 e. The lowest BCUT2D eigenvalue weighted by atomic mass is 9.84. The number of nitrogens with zero attached hydrogens (tertiary/aromatic N) is 1. The molecule has 0 radical (unpaired) electrons. The molecule has 2 aromatic rings. The molecule has 1 aliphatic heterocycles. The average molecular weight is 534 g/mol. The van der Waals surface area contributed by atoms with Crippen LogP contribution in [0.15, 0.2) is 30.3 Å². The lowest BCUT2D eigenvalue weighted by Crippen LogP contribution is -2.30. The summed E-state index contributed by atoms with van der Waals surface area (Å²) in [4.78, 5) is 15.0. The Kier molecular flexibility index (Phi) is 9.53. The number of ether oxygens (including phenoxy) is 2. The quantitative estimate of drug-likeness (QED) is 0.298. The zero-order chi connectivity index (χ0) is 24.2. The van der Waals surface area contributed by atoms with E-state index in [1.54, 1.807) is 17.0 Å². The summed E-state index contributed by atoms with van der Waals surface area (Å²) in [6.07, 6.45) is 1.60. The SMILES string of the molecule is Br.CCOc1ccc2c(c1)C(=N)N(CC(=O)c1cc(OCCCCN)c(O)c(C(C)(C)C)c1)C2. The Hall–Kier alpha value is -2.58. The topological polar surface area (TPSA) is 109 Å². The zero-order valence-corrected chi connectivity index (χ0v) is 22.2. The van der Waals surface area contributed by atoms with E-state index in [0.29, 0.717) is 49.0 Å². The van der Waals surface area contributed by atoms with Crippen molar-refractivity contribution < 1.29 is 19.4 Å². The first-order valence-corrected chi connectivity index (χ1v) is 11.5. The summed E-state index contributed by atoms with van der Waals surface area (Å²) in [6.45, 7) is 9.99. The van der Waals surface area contributed by atoms with E-state index in [1.165, 1.54) is 0 Å². The van der Waals surface area contributed by atoms with E-state index < -0.39 is 0 Å². The number of hydrogen-bond acceptors (Lipinski definition) is 6. The molecule has 0 spiro atoms. The number of phenols is 1. The maximum atomic E-state index is 13.3. The summed E-state index contributed by atoms with van der Waals surface area (Å²) in [5.41, 5.74) is 8.09. The number of carbonyl (C=O) groups excluding carboxylic acids is 1. The summed E-state index contributed by atoms with van der Waals surface area (Å²) >= 11 is 0. The van der Waals surface area contributed by atoms with Gasteiger partial charge in [-0.05, 0) is 61.6 Å². The molecule has 0 unspecified atom stereocenters. The summed E-state index contributed by atoms with van der Waals surface area (Å²) in [5, 5.41) is 19.3. The first-order chi connectivity index (χ1) is 15.7. The molecule has 1 aliphatic rings. The number of hydrogen-bond donors (Lipinski definition) is 3. The maximum Gasteiger partial charge on any atom is 0.182 e. The molecule has 0 fully saturated rings. The molecular weight excluding hydrogens is 498 g/mol. The highest BCUT2D eigenvalue weighted by Gasteiger charge is 2.28. The fourth-order valence-electron chi connectivity index (χ4n) is 3.90. The van der Waals surface area contributed by atoms with Crippen molar-refractivity contribution in [3.63, 3.8) is 0 Å².